The van der Waals surface area contributed by atoms with Gasteiger partial charge in [-0.15, -0.1) is 0 Å². The number of carbonyl (C=O) groups excluding carboxylic acids is 1. The van der Waals surface area contributed by atoms with E-state index in [1.807, 2.05) is 0 Å². The highest BCUT2D eigenvalue weighted by molar-refractivity contribution is 5.75. The number of benzene rings is 1. The van der Waals surface area contributed by atoms with Crippen LogP contribution in [0, 0.1) is 6.92 Å². The smallest absolute Gasteiger partial charge is 0.231 e. The van der Waals surface area contributed by atoms with Crippen LogP contribution in [0.15, 0.2) is 24.3 Å². The normalized spacial score (nSPS) is 17.8. The van der Waals surface area contributed by atoms with Crippen molar-refractivity contribution in [3.63, 3.8) is 0 Å². The molecular formula is C14H21N3O. The van der Waals surface area contributed by atoms with Gasteiger partial charge < -0.3 is 5.73 Å². The summed E-state index contributed by atoms with van der Waals surface area (Å²) in [5.74, 6) is -0.234. The summed E-state index contributed by atoms with van der Waals surface area (Å²) in [7, 11) is 0. The van der Waals surface area contributed by atoms with E-state index in [1.165, 1.54) is 11.1 Å². The third kappa shape index (κ3) is 3.55. The lowest BCUT2D eigenvalue weighted by atomic mass is 10.1. The molecule has 1 aromatic carbocycles. The summed E-state index contributed by atoms with van der Waals surface area (Å²) >= 11 is 0. The van der Waals surface area contributed by atoms with Gasteiger partial charge in [0.1, 0.15) is 0 Å². The molecule has 0 spiro atoms. The van der Waals surface area contributed by atoms with Crippen LogP contribution in [-0.4, -0.2) is 48.4 Å². The Balaban J connectivity index is 1.84. The lowest BCUT2D eigenvalue weighted by Gasteiger charge is -2.34. The lowest BCUT2D eigenvalue weighted by Crippen LogP contribution is -2.48. The SMILES string of the molecule is Cc1ccccc1CN1CCN(CC(N)=O)CC1. The average Bonchev–Trinajstić information content (AvgIpc) is 2.34. The molecule has 18 heavy (non-hydrogen) atoms. The highest BCUT2D eigenvalue weighted by Gasteiger charge is 2.18. The first kappa shape index (κ1) is 13.1. The molecular weight excluding hydrogens is 226 g/mol. The van der Waals surface area contributed by atoms with E-state index >= 15 is 0 Å². The molecule has 0 saturated carbocycles. The van der Waals surface area contributed by atoms with E-state index in [1.54, 1.807) is 0 Å². The Hall–Kier alpha value is -1.39. The maximum atomic E-state index is 10.9. The van der Waals surface area contributed by atoms with E-state index in [9.17, 15) is 4.79 Å². The molecule has 0 atom stereocenters. The zero-order valence-electron chi connectivity index (χ0n) is 10.9. The first-order valence-electron chi connectivity index (χ1n) is 6.42. The van der Waals surface area contributed by atoms with Crippen LogP contribution in [0.1, 0.15) is 11.1 Å². The van der Waals surface area contributed by atoms with E-state index < -0.39 is 0 Å². The first-order chi connectivity index (χ1) is 8.65. The second-order valence-corrected chi connectivity index (χ2v) is 4.95. The van der Waals surface area contributed by atoms with Crippen LogP contribution in [0.2, 0.25) is 0 Å². The van der Waals surface area contributed by atoms with Gasteiger partial charge in [-0.1, -0.05) is 24.3 Å². The second kappa shape index (κ2) is 5.98. The molecule has 4 nitrogen and oxygen atoms in total. The highest BCUT2D eigenvalue weighted by atomic mass is 16.1. The Bertz CT molecular complexity index is 411. The summed E-state index contributed by atoms with van der Waals surface area (Å²) in [6, 6.07) is 8.50. The van der Waals surface area contributed by atoms with Crippen molar-refractivity contribution < 1.29 is 4.79 Å². The van der Waals surface area contributed by atoms with Gasteiger partial charge in [-0.25, -0.2) is 0 Å². The van der Waals surface area contributed by atoms with Crippen LogP contribution in [0.3, 0.4) is 0 Å². The molecule has 2 rings (SSSR count). The van der Waals surface area contributed by atoms with Gasteiger partial charge in [-0.2, -0.15) is 0 Å². The Kier molecular flexibility index (Phi) is 4.33. The topological polar surface area (TPSA) is 49.6 Å². The average molecular weight is 247 g/mol. The molecule has 1 fully saturated rings. The minimum atomic E-state index is -0.234. The predicted molar refractivity (Wildman–Crippen MR) is 72.1 cm³/mol. The number of piperazine rings is 1. The largest absolute Gasteiger partial charge is 0.369 e. The molecule has 0 radical (unpaired) electrons. The van der Waals surface area contributed by atoms with Crippen LogP contribution in [-0.2, 0) is 11.3 Å². The van der Waals surface area contributed by atoms with Crippen LogP contribution >= 0.6 is 0 Å². The van der Waals surface area contributed by atoms with Crippen LogP contribution < -0.4 is 5.73 Å². The summed E-state index contributed by atoms with van der Waals surface area (Å²) < 4.78 is 0. The molecule has 2 N–H and O–H groups in total. The predicted octanol–water partition coefficient (Wildman–Crippen LogP) is 0.598. The quantitative estimate of drug-likeness (QED) is 0.847. The van der Waals surface area contributed by atoms with Gasteiger partial charge in [0.2, 0.25) is 5.91 Å². The second-order valence-electron chi connectivity index (χ2n) is 4.95. The number of aryl methyl sites for hydroxylation is 1. The fraction of sp³-hybridized carbons (Fsp3) is 0.500. The fourth-order valence-electron chi connectivity index (χ4n) is 2.35. The zero-order chi connectivity index (χ0) is 13.0. The molecule has 0 aliphatic carbocycles. The van der Waals surface area contributed by atoms with Crippen molar-refractivity contribution in [3.8, 4) is 0 Å². The van der Waals surface area contributed by atoms with Crippen molar-refractivity contribution in [2.45, 2.75) is 13.5 Å². The lowest BCUT2D eigenvalue weighted by molar-refractivity contribution is -0.119. The number of nitrogens with zero attached hydrogens (tertiary/aromatic N) is 2. The number of hydrogen-bond donors (Lipinski definition) is 1. The van der Waals surface area contributed by atoms with Crippen molar-refractivity contribution >= 4 is 5.91 Å². The molecule has 1 amide bonds. The van der Waals surface area contributed by atoms with Gasteiger partial charge in [-0.3, -0.25) is 14.6 Å². The number of carbonyl (C=O) groups is 1. The molecule has 98 valence electrons. The van der Waals surface area contributed by atoms with E-state index in [2.05, 4.69) is 41.0 Å². The van der Waals surface area contributed by atoms with Gasteiger partial charge in [0.15, 0.2) is 0 Å². The fourth-order valence-corrected chi connectivity index (χ4v) is 2.35. The molecule has 0 bridgehead atoms. The zero-order valence-corrected chi connectivity index (χ0v) is 10.9. The van der Waals surface area contributed by atoms with Gasteiger partial charge in [0, 0.05) is 32.7 Å². The van der Waals surface area contributed by atoms with Gasteiger partial charge in [-0.05, 0) is 18.1 Å². The van der Waals surface area contributed by atoms with E-state index in [0.29, 0.717) is 6.54 Å². The maximum absolute atomic E-state index is 10.9. The summed E-state index contributed by atoms with van der Waals surface area (Å²) in [4.78, 5) is 15.4. The van der Waals surface area contributed by atoms with E-state index in [4.69, 9.17) is 5.73 Å². The number of nitrogens with two attached hydrogens (primary N) is 1. The number of rotatable bonds is 4. The van der Waals surface area contributed by atoms with Crippen LogP contribution in [0.5, 0.6) is 0 Å². The summed E-state index contributed by atoms with van der Waals surface area (Å²) in [5.41, 5.74) is 7.94. The highest BCUT2D eigenvalue weighted by Crippen LogP contribution is 2.12. The summed E-state index contributed by atoms with van der Waals surface area (Å²) in [6.07, 6.45) is 0. The van der Waals surface area contributed by atoms with E-state index in [0.717, 1.165) is 32.7 Å². The molecule has 1 aliphatic rings. The van der Waals surface area contributed by atoms with Crippen molar-refractivity contribution in [2.75, 3.05) is 32.7 Å². The van der Waals surface area contributed by atoms with Crippen molar-refractivity contribution in [3.05, 3.63) is 35.4 Å². The minimum absolute atomic E-state index is 0.234. The summed E-state index contributed by atoms with van der Waals surface area (Å²) in [6.45, 7) is 7.39. The maximum Gasteiger partial charge on any atom is 0.231 e. The molecule has 0 unspecified atom stereocenters. The number of primary amides is 1. The molecule has 1 heterocycles. The molecule has 0 aromatic heterocycles. The molecule has 1 saturated heterocycles. The first-order valence-corrected chi connectivity index (χ1v) is 6.42. The van der Waals surface area contributed by atoms with Gasteiger partial charge in [0.25, 0.3) is 0 Å². The van der Waals surface area contributed by atoms with Crippen LogP contribution in [0.25, 0.3) is 0 Å². The van der Waals surface area contributed by atoms with Crippen LogP contribution in [0.4, 0.5) is 0 Å². The van der Waals surface area contributed by atoms with E-state index in [-0.39, 0.29) is 5.91 Å². The standard InChI is InChI=1S/C14H21N3O/c1-12-4-2-3-5-13(12)10-16-6-8-17(9-7-16)11-14(15)18/h2-5H,6-11H2,1H3,(H2,15,18). The van der Waals surface area contributed by atoms with Crippen molar-refractivity contribution in [1.29, 1.82) is 0 Å². The number of hydrogen-bond acceptors (Lipinski definition) is 3. The third-order valence-electron chi connectivity index (χ3n) is 3.50. The van der Waals surface area contributed by atoms with Gasteiger partial charge in [0.05, 0.1) is 6.54 Å². The molecule has 1 aromatic rings. The Morgan fingerprint density at radius 3 is 2.39 bits per heavy atom. The molecule has 4 heteroatoms. The Labute approximate surface area is 108 Å². The third-order valence-corrected chi connectivity index (χ3v) is 3.50. The monoisotopic (exact) mass is 247 g/mol. The van der Waals surface area contributed by atoms with Crippen molar-refractivity contribution in [1.82, 2.24) is 9.80 Å². The Morgan fingerprint density at radius 1 is 1.17 bits per heavy atom. The van der Waals surface area contributed by atoms with Crippen molar-refractivity contribution in [2.24, 2.45) is 5.73 Å². The molecule has 1 aliphatic heterocycles. The minimum Gasteiger partial charge on any atom is -0.369 e. The summed E-state index contributed by atoms with van der Waals surface area (Å²) in [5, 5.41) is 0. The van der Waals surface area contributed by atoms with Gasteiger partial charge >= 0.3 is 0 Å². The number of amides is 1. The Morgan fingerprint density at radius 2 is 1.78 bits per heavy atom.